The van der Waals surface area contributed by atoms with Gasteiger partial charge in [-0.05, 0) is 49.8 Å². The highest BCUT2D eigenvalue weighted by Crippen LogP contribution is 2.33. The van der Waals surface area contributed by atoms with Crippen LogP contribution in [0.1, 0.15) is 32.6 Å². The third-order valence-corrected chi connectivity index (χ3v) is 5.74. The molecule has 1 fully saturated rings. The number of aliphatic hydroxyl groups excluding tert-OH is 1. The lowest BCUT2D eigenvalue weighted by atomic mass is 9.78. The maximum absolute atomic E-state index is 13.5. The number of benzene rings is 1. The van der Waals surface area contributed by atoms with E-state index in [1.54, 1.807) is 0 Å². The van der Waals surface area contributed by atoms with Crippen molar-refractivity contribution in [2.45, 2.75) is 43.0 Å². The molecule has 1 aromatic rings. The lowest BCUT2D eigenvalue weighted by Crippen LogP contribution is -2.53. The van der Waals surface area contributed by atoms with E-state index in [2.05, 4.69) is 11.6 Å². The molecule has 21 heavy (non-hydrogen) atoms. The molecule has 2 rings (SSSR count). The Hall–Kier alpha value is -1.18. The molecule has 0 aromatic heterocycles. The van der Waals surface area contributed by atoms with E-state index in [0.29, 0.717) is 18.8 Å². The summed E-state index contributed by atoms with van der Waals surface area (Å²) in [5.74, 6) is -0.253. The molecule has 1 aromatic carbocycles. The van der Waals surface area contributed by atoms with Crippen molar-refractivity contribution in [2.75, 3.05) is 12.3 Å². The predicted octanol–water partition coefficient (Wildman–Crippen LogP) is 1.63. The van der Waals surface area contributed by atoms with Gasteiger partial charge in [0.05, 0.1) is 22.7 Å². The van der Waals surface area contributed by atoms with E-state index < -0.39 is 21.4 Å². The summed E-state index contributed by atoms with van der Waals surface area (Å²) in [5, 5.41) is 9.62. The zero-order valence-corrected chi connectivity index (χ0v) is 12.8. The van der Waals surface area contributed by atoms with Crippen LogP contribution in [0, 0.1) is 11.7 Å². The number of nitrogen functional groups attached to an aromatic ring is 1. The number of sulfonamides is 1. The number of halogens is 1. The molecule has 0 spiro atoms. The summed E-state index contributed by atoms with van der Waals surface area (Å²) in [4.78, 5) is -0.180. The molecule has 0 saturated heterocycles. The van der Waals surface area contributed by atoms with Crippen molar-refractivity contribution in [3.63, 3.8) is 0 Å². The molecule has 0 aliphatic heterocycles. The fourth-order valence-corrected chi connectivity index (χ4v) is 4.09. The first-order valence-corrected chi connectivity index (χ1v) is 8.46. The van der Waals surface area contributed by atoms with Crippen molar-refractivity contribution in [1.29, 1.82) is 0 Å². The number of aliphatic hydroxyl groups is 1. The van der Waals surface area contributed by atoms with Gasteiger partial charge in [-0.1, -0.05) is 6.92 Å². The minimum Gasteiger partial charge on any atom is -0.396 e. The number of anilines is 1. The van der Waals surface area contributed by atoms with Crippen molar-refractivity contribution in [3.8, 4) is 0 Å². The minimum absolute atomic E-state index is 0.0997. The third kappa shape index (κ3) is 3.53. The molecule has 118 valence electrons. The van der Waals surface area contributed by atoms with Gasteiger partial charge in [0.25, 0.3) is 0 Å². The van der Waals surface area contributed by atoms with Crippen molar-refractivity contribution in [2.24, 2.45) is 5.92 Å². The molecule has 1 aliphatic carbocycles. The average Bonchev–Trinajstić information content (AvgIpc) is 2.44. The van der Waals surface area contributed by atoms with Gasteiger partial charge in [0.2, 0.25) is 10.0 Å². The second kappa shape index (κ2) is 5.90. The van der Waals surface area contributed by atoms with E-state index in [4.69, 9.17) is 5.73 Å². The molecule has 0 amide bonds. The van der Waals surface area contributed by atoms with Crippen molar-refractivity contribution in [3.05, 3.63) is 24.0 Å². The quantitative estimate of drug-likeness (QED) is 0.736. The predicted molar refractivity (Wildman–Crippen MR) is 78.6 cm³/mol. The van der Waals surface area contributed by atoms with E-state index in [0.717, 1.165) is 18.9 Å². The van der Waals surface area contributed by atoms with Crippen molar-refractivity contribution >= 4 is 15.7 Å². The van der Waals surface area contributed by atoms with Crippen LogP contribution in [0.3, 0.4) is 0 Å². The number of nitrogens with one attached hydrogen (secondary N) is 1. The first-order valence-electron chi connectivity index (χ1n) is 6.98. The number of hydrogen-bond donors (Lipinski definition) is 3. The second-order valence-corrected chi connectivity index (χ2v) is 7.59. The van der Waals surface area contributed by atoms with Gasteiger partial charge in [-0.3, -0.25) is 0 Å². The molecule has 1 aliphatic rings. The van der Waals surface area contributed by atoms with E-state index >= 15 is 0 Å². The topological polar surface area (TPSA) is 92.4 Å². The maximum Gasteiger partial charge on any atom is 0.241 e. The fraction of sp³-hybridized carbons (Fsp3) is 0.571. The van der Waals surface area contributed by atoms with Crippen LogP contribution in [0.5, 0.6) is 0 Å². The minimum atomic E-state index is -3.89. The summed E-state index contributed by atoms with van der Waals surface area (Å²) in [5.41, 5.74) is 4.40. The summed E-state index contributed by atoms with van der Waals surface area (Å²) in [7, 11) is -3.89. The van der Waals surface area contributed by atoms with Crippen LogP contribution in [0.15, 0.2) is 23.1 Å². The van der Waals surface area contributed by atoms with Gasteiger partial charge in [0, 0.05) is 0 Å². The SMILES string of the molecule is CC1CCC(CO)(NS(=O)(=O)c2ccc(N)c(F)c2)CC1. The Bertz CT molecular complexity index is 611. The smallest absolute Gasteiger partial charge is 0.241 e. The summed E-state index contributed by atoms with van der Waals surface area (Å²) < 4.78 is 40.8. The van der Waals surface area contributed by atoms with Gasteiger partial charge >= 0.3 is 0 Å². The van der Waals surface area contributed by atoms with E-state index in [-0.39, 0.29) is 17.2 Å². The molecule has 0 atom stereocenters. The second-order valence-electron chi connectivity index (χ2n) is 5.91. The van der Waals surface area contributed by atoms with Gasteiger partial charge in [0.1, 0.15) is 5.82 Å². The van der Waals surface area contributed by atoms with Crippen molar-refractivity contribution < 1.29 is 17.9 Å². The van der Waals surface area contributed by atoms with Gasteiger partial charge in [-0.15, -0.1) is 0 Å². The molecular formula is C14H21FN2O3S. The molecule has 0 bridgehead atoms. The van der Waals surface area contributed by atoms with E-state index in [1.165, 1.54) is 12.1 Å². The molecule has 7 heteroatoms. The highest BCUT2D eigenvalue weighted by molar-refractivity contribution is 7.89. The molecule has 1 saturated carbocycles. The van der Waals surface area contributed by atoms with Gasteiger partial charge < -0.3 is 10.8 Å². The van der Waals surface area contributed by atoms with E-state index in [9.17, 15) is 17.9 Å². The summed E-state index contributed by atoms with van der Waals surface area (Å²) in [6, 6.07) is 3.38. The van der Waals surface area contributed by atoms with Gasteiger partial charge in [-0.25, -0.2) is 17.5 Å². The first kappa shape index (κ1) is 16.2. The number of hydrogen-bond acceptors (Lipinski definition) is 4. The van der Waals surface area contributed by atoms with Crippen molar-refractivity contribution in [1.82, 2.24) is 4.72 Å². The molecule has 4 N–H and O–H groups in total. The van der Waals surface area contributed by atoms with Crippen LogP contribution < -0.4 is 10.5 Å². The Morgan fingerprint density at radius 1 is 1.43 bits per heavy atom. The lowest BCUT2D eigenvalue weighted by molar-refractivity contribution is 0.125. The van der Waals surface area contributed by atoms with Crippen LogP contribution in [0.25, 0.3) is 0 Å². The van der Waals surface area contributed by atoms with Crippen LogP contribution >= 0.6 is 0 Å². The number of rotatable bonds is 4. The number of nitrogens with two attached hydrogens (primary N) is 1. The summed E-state index contributed by atoms with van der Waals surface area (Å²) in [6.07, 6.45) is 2.83. The van der Waals surface area contributed by atoms with Crippen LogP contribution in [-0.2, 0) is 10.0 Å². The third-order valence-electron chi connectivity index (χ3n) is 4.17. The molecule has 5 nitrogen and oxygen atoms in total. The Morgan fingerprint density at radius 2 is 2.05 bits per heavy atom. The Kier molecular flexibility index (Phi) is 4.55. The monoisotopic (exact) mass is 316 g/mol. The summed E-state index contributed by atoms with van der Waals surface area (Å²) >= 11 is 0. The Morgan fingerprint density at radius 3 is 2.57 bits per heavy atom. The Balaban J connectivity index is 2.25. The first-order chi connectivity index (χ1) is 9.78. The zero-order chi connectivity index (χ0) is 15.7. The maximum atomic E-state index is 13.5. The van der Waals surface area contributed by atoms with Gasteiger partial charge in [-0.2, -0.15) is 0 Å². The highest BCUT2D eigenvalue weighted by atomic mass is 32.2. The van der Waals surface area contributed by atoms with E-state index in [1.807, 2.05) is 0 Å². The van der Waals surface area contributed by atoms with Crippen LogP contribution in [0.2, 0.25) is 0 Å². The largest absolute Gasteiger partial charge is 0.396 e. The normalized spacial score (nSPS) is 26.7. The Labute approximate surface area is 124 Å². The van der Waals surface area contributed by atoms with Gasteiger partial charge in [0.15, 0.2) is 0 Å². The fourth-order valence-electron chi connectivity index (χ4n) is 2.63. The van der Waals surface area contributed by atoms with Crippen LogP contribution in [-0.4, -0.2) is 25.7 Å². The average molecular weight is 316 g/mol. The molecular weight excluding hydrogens is 295 g/mol. The summed E-state index contributed by atoms with van der Waals surface area (Å²) in [6.45, 7) is 1.83. The zero-order valence-electron chi connectivity index (χ0n) is 12.0. The van der Waals surface area contributed by atoms with Crippen LogP contribution in [0.4, 0.5) is 10.1 Å². The lowest BCUT2D eigenvalue weighted by Gasteiger charge is -2.38. The molecule has 0 radical (unpaired) electrons. The molecule has 0 heterocycles. The molecule has 0 unspecified atom stereocenters. The standard InChI is InChI=1S/C14H21FN2O3S/c1-10-4-6-14(9-18,7-5-10)17-21(19,20)11-2-3-13(16)12(15)8-11/h2-3,8,10,17-18H,4-7,9,16H2,1H3. The highest BCUT2D eigenvalue weighted by Gasteiger charge is 2.37.